The fourth-order valence-corrected chi connectivity index (χ4v) is 4.02. The van der Waals surface area contributed by atoms with E-state index in [9.17, 15) is 4.79 Å². The number of hydrogen-bond donors (Lipinski definition) is 0. The van der Waals surface area contributed by atoms with Gasteiger partial charge in [-0.3, -0.25) is 9.79 Å². The van der Waals surface area contributed by atoms with E-state index in [0.29, 0.717) is 24.2 Å². The van der Waals surface area contributed by atoms with E-state index in [4.69, 9.17) is 4.74 Å². The number of esters is 1. The van der Waals surface area contributed by atoms with Gasteiger partial charge in [0.25, 0.3) is 0 Å². The zero-order valence-corrected chi connectivity index (χ0v) is 17.6. The van der Waals surface area contributed by atoms with Gasteiger partial charge in [-0.2, -0.15) is 0 Å². The SMILES string of the molecule is CC/C(=N\C)N(CC(=O)O[C@@H]1C[C@H](C)CC[C@H]1C(C)C)c1cncnc1C. The minimum Gasteiger partial charge on any atom is -0.461 e. The average molecular weight is 375 g/mol. The monoisotopic (exact) mass is 374 g/mol. The van der Waals surface area contributed by atoms with Crippen LogP contribution in [-0.4, -0.2) is 41.5 Å². The lowest BCUT2D eigenvalue weighted by Gasteiger charge is -2.37. The summed E-state index contributed by atoms with van der Waals surface area (Å²) in [4.78, 5) is 27.5. The summed E-state index contributed by atoms with van der Waals surface area (Å²) in [5.74, 6) is 2.16. The Morgan fingerprint density at radius 1 is 1.41 bits per heavy atom. The van der Waals surface area contributed by atoms with E-state index in [1.807, 2.05) is 18.7 Å². The van der Waals surface area contributed by atoms with Gasteiger partial charge in [-0.1, -0.05) is 34.1 Å². The van der Waals surface area contributed by atoms with Crippen molar-refractivity contribution in [2.45, 2.75) is 66.4 Å². The molecule has 1 aromatic heterocycles. The number of ether oxygens (including phenoxy) is 1. The second-order valence-electron chi connectivity index (χ2n) is 7.93. The summed E-state index contributed by atoms with van der Waals surface area (Å²) in [7, 11) is 1.74. The molecule has 1 aromatic rings. The highest BCUT2D eigenvalue weighted by atomic mass is 16.5. The molecule has 1 aliphatic rings. The maximum atomic E-state index is 12.9. The Hall–Kier alpha value is -1.98. The van der Waals surface area contributed by atoms with Crippen molar-refractivity contribution in [3.63, 3.8) is 0 Å². The molecule has 0 amide bonds. The van der Waals surface area contributed by atoms with Gasteiger partial charge < -0.3 is 9.64 Å². The van der Waals surface area contributed by atoms with Crippen LogP contribution in [0.1, 0.15) is 59.1 Å². The van der Waals surface area contributed by atoms with Crippen molar-refractivity contribution in [2.75, 3.05) is 18.5 Å². The van der Waals surface area contributed by atoms with Crippen LogP contribution in [0.3, 0.4) is 0 Å². The van der Waals surface area contributed by atoms with Crippen LogP contribution < -0.4 is 4.90 Å². The minimum absolute atomic E-state index is 0.000128. The second kappa shape index (κ2) is 9.81. The number of aromatic nitrogens is 2. The fraction of sp³-hybridized carbons (Fsp3) is 0.714. The molecular weight excluding hydrogens is 340 g/mol. The van der Waals surface area contributed by atoms with Crippen molar-refractivity contribution in [1.29, 1.82) is 0 Å². The van der Waals surface area contributed by atoms with Crippen LogP contribution >= 0.6 is 0 Å². The molecular formula is C21H34N4O2. The molecule has 0 saturated heterocycles. The first-order valence-corrected chi connectivity index (χ1v) is 10.1. The van der Waals surface area contributed by atoms with Crippen LogP contribution in [0.15, 0.2) is 17.5 Å². The summed E-state index contributed by atoms with van der Waals surface area (Å²) < 4.78 is 5.99. The van der Waals surface area contributed by atoms with Gasteiger partial charge in [0, 0.05) is 13.5 Å². The number of hydrogen-bond acceptors (Lipinski definition) is 5. The number of aliphatic imine (C=N–C) groups is 1. The van der Waals surface area contributed by atoms with Gasteiger partial charge >= 0.3 is 5.97 Å². The number of rotatable bonds is 6. The normalized spacial score (nSPS) is 23.4. The lowest BCUT2D eigenvalue weighted by Crippen LogP contribution is -2.41. The number of anilines is 1. The summed E-state index contributed by atoms with van der Waals surface area (Å²) in [5.41, 5.74) is 1.62. The van der Waals surface area contributed by atoms with Gasteiger partial charge in [-0.25, -0.2) is 9.97 Å². The number of carbonyl (C=O) groups is 1. The van der Waals surface area contributed by atoms with Crippen LogP contribution in [-0.2, 0) is 9.53 Å². The summed E-state index contributed by atoms with van der Waals surface area (Å²) in [6.07, 6.45) is 7.25. The molecule has 0 spiro atoms. The summed E-state index contributed by atoms with van der Waals surface area (Å²) >= 11 is 0. The molecule has 0 radical (unpaired) electrons. The van der Waals surface area contributed by atoms with Gasteiger partial charge in [0.15, 0.2) is 0 Å². The zero-order chi connectivity index (χ0) is 20.0. The fourth-order valence-electron chi connectivity index (χ4n) is 4.02. The van der Waals surface area contributed by atoms with E-state index in [1.165, 1.54) is 12.7 Å². The Morgan fingerprint density at radius 2 is 2.15 bits per heavy atom. The van der Waals surface area contributed by atoms with Gasteiger partial charge in [0.05, 0.1) is 17.6 Å². The number of carbonyl (C=O) groups excluding carboxylic acids is 1. The van der Waals surface area contributed by atoms with Crippen LogP contribution in [0, 0.1) is 24.7 Å². The molecule has 0 bridgehead atoms. The van der Waals surface area contributed by atoms with Crippen molar-refractivity contribution in [3.05, 3.63) is 18.2 Å². The van der Waals surface area contributed by atoms with E-state index in [-0.39, 0.29) is 18.6 Å². The van der Waals surface area contributed by atoms with E-state index in [1.54, 1.807) is 13.2 Å². The summed E-state index contributed by atoms with van der Waals surface area (Å²) in [6.45, 7) is 10.7. The van der Waals surface area contributed by atoms with Crippen molar-refractivity contribution in [2.24, 2.45) is 22.7 Å². The largest absolute Gasteiger partial charge is 0.461 e. The average Bonchev–Trinajstić information content (AvgIpc) is 2.62. The first kappa shape index (κ1) is 21.3. The molecule has 27 heavy (non-hydrogen) atoms. The highest BCUT2D eigenvalue weighted by molar-refractivity contribution is 6.01. The molecule has 2 rings (SSSR count). The standard InChI is InChI=1S/C21H34N4O2/c1-7-20(22-6)25(18-11-23-13-24-16(18)5)12-21(26)27-19-10-15(4)8-9-17(19)14(2)3/h11,13-15,17,19H,7-10,12H2,1-6H3/b22-20+/t15-,17+,19-/m1/s1. The van der Waals surface area contributed by atoms with Crippen LogP contribution in [0.5, 0.6) is 0 Å². The maximum absolute atomic E-state index is 12.9. The molecule has 150 valence electrons. The lowest BCUT2D eigenvalue weighted by molar-refractivity contribution is -0.154. The third kappa shape index (κ3) is 5.50. The molecule has 0 aromatic carbocycles. The molecule has 6 nitrogen and oxygen atoms in total. The molecule has 0 unspecified atom stereocenters. The van der Waals surface area contributed by atoms with Crippen molar-refractivity contribution >= 4 is 17.5 Å². The topological polar surface area (TPSA) is 67.7 Å². The molecule has 1 aliphatic carbocycles. The van der Waals surface area contributed by atoms with Gasteiger partial charge in [-0.05, 0) is 37.5 Å². The minimum atomic E-state index is -0.211. The Kier molecular flexibility index (Phi) is 7.75. The van der Waals surface area contributed by atoms with E-state index >= 15 is 0 Å². The van der Waals surface area contributed by atoms with Gasteiger partial charge in [0.1, 0.15) is 24.8 Å². The predicted octanol–water partition coefficient (Wildman–Crippen LogP) is 4.03. The first-order valence-electron chi connectivity index (χ1n) is 10.1. The Balaban J connectivity index is 2.17. The van der Waals surface area contributed by atoms with Crippen molar-refractivity contribution in [3.8, 4) is 0 Å². The van der Waals surface area contributed by atoms with E-state index < -0.39 is 0 Å². The third-order valence-electron chi connectivity index (χ3n) is 5.59. The van der Waals surface area contributed by atoms with Crippen LogP contribution in [0.4, 0.5) is 5.69 Å². The van der Waals surface area contributed by atoms with Crippen LogP contribution in [0.2, 0.25) is 0 Å². The highest BCUT2D eigenvalue weighted by Gasteiger charge is 2.34. The molecule has 6 heteroatoms. The predicted molar refractivity (Wildman–Crippen MR) is 109 cm³/mol. The van der Waals surface area contributed by atoms with Crippen LogP contribution in [0.25, 0.3) is 0 Å². The van der Waals surface area contributed by atoms with E-state index in [2.05, 4.69) is 35.7 Å². The number of aryl methyl sites for hydroxylation is 1. The quantitative estimate of drug-likeness (QED) is 0.427. The summed E-state index contributed by atoms with van der Waals surface area (Å²) in [6, 6.07) is 0. The van der Waals surface area contributed by atoms with E-state index in [0.717, 1.165) is 30.1 Å². The summed E-state index contributed by atoms with van der Waals surface area (Å²) in [5, 5.41) is 0. The molecule has 1 fully saturated rings. The number of nitrogens with zero attached hydrogens (tertiary/aromatic N) is 4. The third-order valence-corrected chi connectivity index (χ3v) is 5.59. The van der Waals surface area contributed by atoms with Gasteiger partial charge in [-0.15, -0.1) is 0 Å². The lowest BCUT2D eigenvalue weighted by atomic mass is 9.75. The Morgan fingerprint density at radius 3 is 2.74 bits per heavy atom. The maximum Gasteiger partial charge on any atom is 0.326 e. The Labute approximate surface area is 163 Å². The van der Waals surface area contributed by atoms with Crippen molar-refractivity contribution < 1.29 is 9.53 Å². The highest BCUT2D eigenvalue weighted by Crippen LogP contribution is 2.35. The number of amidine groups is 1. The second-order valence-corrected chi connectivity index (χ2v) is 7.93. The molecule has 0 aliphatic heterocycles. The molecule has 1 saturated carbocycles. The van der Waals surface area contributed by atoms with Gasteiger partial charge in [0.2, 0.25) is 0 Å². The van der Waals surface area contributed by atoms with Crippen molar-refractivity contribution in [1.82, 2.24) is 9.97 Å². The first-order chi connectivity index (χ1) is 12.9. The zero-order valence-electron chi connectivity index (χ0n) is 17.6. The Bertz CT molecular complexity index is 659. The molecule has 3 atom stereocenters. The smallest absolute Gasteiger partial charge is 0.326 e. The molecule has 1 heterocycles. The molecule has 0 N–H and O–H groups in total.